The van der Waals surface area contributed by atoms with Gasteiger partial charge in [-0.3, -0.25) is 0 Å². The van der Waals surface area contributed by atoms with E-state index >= 15 is 0 Å². The summed E-state index contributed by atoms with van der Waals surface area (Å²) in [5.41, 5.74) is 1.94. The number of nitrogens with zero attached hydrogens (tertiary/aromatic N) is 1. The molecule has 100 valence electrons. The van der Waals surface area contributed by atoms with Crippen molar-refractivity contribution in [3.05, 3.63) is 41.5 Å². The van der Waals surface area contributed by atoms with Gasteiger partial charge >= 0.3 is 0 Å². The SMILES string of the molecule is CCCC1CCC(/C=C/c2ccc(C#N)cc2)CC1. The minimum Gasteiger partial charge on any atom is -0.192 e. The van der Waals surface area contributed by atoms with Crippen molar-refractivity contribution in [2.45, 2.75) is 45.4 Å². The Labute approximate surface area is 117 Å². The fourth-order valence-corrected chi connectivity index (χ4v) is 2.99. The van der Waals surface area contributed by atoms with Crippen molar-refractivity contribution in [2.75, 3.05) is 0 Å². The van der Waals surface area contributed by atoms with E-state index in [0.29, 0.717) is 0 Å². The number of hydrogen-bond donors (Lipinski definition) is 0. The number of benzene rings is 1. The lowest BCUT2D eigenvalue weighted by Crippen LogP contribution is -2.12. The fraction of sp³-hybridized carbons (Fsp3) is 0.500. The number of nitriles is 1. The van der Waals surface area contributed by atoms with E-state index in [1.165, 1.54) is 44.1 Å². The average molecular weight is 253 g/mol. The first-order valence-electron chi connectivity index (χ1n) is 7.50. The Morgan fingerprint density at radius 2 is 1.84 bits per heavy atom. The number of rotatable bonds is 4. The summed E-state index contributed by atoms with van der Waals surface area (Å²) in [4.78, 5) is 0. The van der Waals surface area contributed by atoms with Gasteiger partial charge < -0.3 is 0 Å². The molecule has 19 heavy (non-hydrogen) atoms. The largest absolute Gasteiger partial charge is 0.192 e. The molecule has 0 spiro atoms. The van der Waals surface area contributed by atoms with Crippen LogP contribution in [0.5, 0.6) is 0 Å². The molecule has 0 radical (unpaired) electrons. The molecule has 1 aromatic carbocycles. The van der Waals surface area contributed by atoms with Gasteiger partial charge in [-0.2, -0.15) is 5.26 Å². The molecule has 0 heterocycles. The quantitative estimate of drug-likeness (QED) is 0.725. The third-order valence-electron chi connectivity index (χ3n) is 4.19. The van der Waals surface area contributed by atoms with Crippen LogP contribution in [0.25, 0.3) is 6.08 Å². The lowest BCUT2D eigenvalue weighted by Gasteiger charge is -2.26. The maximum Gasteiger partial charge on any atom is 0.0991 e. The van der Waals surface area contributed by atoms with E-state index in [1.54, 1.807) is 0 Å². The van der Waals surface area contributed by atoms with Crippen LogP contribution in [-0.4, -0.2) is 0 Å². The summed E-state index contributed by atoms with van der Waals surface area (Å²) in [6, 6.07) is 9.98. The van der Waals surface area contributed by atoms with Crippen LogP contribution in [-0.2, 0) is 0 Å². The summed E-state index contributed by atoms with van der Waals surface area (Å²) in [6.07, 6.45) is 12.8. The molecule has 1 nitrogen and oxygen atoms in total. The molecule has 1 aliphatic carbocycles. The maximum atomic E-state index is 8.76. The Morgan fingerprint density at radius 1 is 1.16 bits per heavy atom. The Morgan fingerprint density at radius 3 is 2.42 bits per heavy atom. The summed E-state index contributed by atoms with van der Waals surface area (Å²) in [7, 11) is 0. The van der Waals surface area contributed by atoms with E-state index in [9.17, 15) is 0 Å². The summed E-state index contributed by atoms with van der Waals surface area (Å²) in [5.74, 6) is 1.73. The second kappa shape index (κ2) is 7.14. The molecule has 1 aliphatic rings. The molecular formula is C18H23N. The molecule has 0 bridgehead atoms. The van der Waals surface area contributed by atoms with Crippen LogP contribution in [0.15, 0.2) is 30.3 Å². The molecule has 0 atom stereocenters. The Balaban J connectivity index is 1.84. The third kappa shape index (κ3) is 4.24. The first-order valence-corrected chi connectivity index (χ1v) is 7.50. The van der Waals surface area contributed by atoms with Crippen LogP contribution in [0.2, 0.25) is 0 Å². The molecule has 1 saturated carbocycles. The summed E-state index contributed by atoms with van der Waals surface area (Å²) in [6.45, 7) is 2.29. The molecule has 0 N–H and O–H groups in total. The van der Waals surface area contributed by atoms with E-state index in [0.717, 1.165) is 17.4 Å². The summed E-state index contributed by atoms with van der Waals surface area (Å²) < 4.78 is 0. The molecular weight excluding hydrogens is 230 g/mol. The Hall–Kier alpha value is -1.55. The van der Waals surface area contributed by atoms with E-state index in [4.69, 9.17) is 5.26 Å². The molecule has 0 unspecified atom stereocenters. The zero-order valence-corrected chi connectivity index (χ0v) is 11.8. The van der Waals surface area contributed by atoms with E-state index < -0.39 is 0 Å². The van der Waals surface area contributed by atoms with Crippen LogP contribution in [0.1, 0.15) is 56.6 Å². The normalized spacial score (nSPS) is 23.4. The van der Waals surface area contributed by atoms with E-state index in [2.05, 4.69) is 25.1 Å². The van der Waals surface area contributed by atoms with Crippen molar-refractivity contribution in [1.29, 1.82) is 5.26 Å². The van der Waals surface area contributed by atoms with Crippen LogP contribution < -0.4 is 0 Å². The molecule has 0 saturated heterocycles. The lowest BCUT2D eigenvalue weighted by atomic mass is 9.80. The summed E-state index contributed by atoms with van der Waals surface area (Å²) >= 11 is 0. The van der Waals surface area contributed by atoms with Gasteiger partial charge in [0.25, 0.3) is 0 Å². The van der Waals surface area contributed by atoms with Crippen molar-refractivity contribution in [2.24, 2.45) is 11.8 Å². The lowest BCUT2D eigenvalue weighted by molar-refractivity contribution is 0.295. The van der Waals surface area contributed by atoms with Gasteiger partial charge in [-0.1, -0.05) is 44.1 Å². The smallest absolute Gasteiger partial charge is 0.0991 e. The topological polar surface area (TPSA) is 23.8 Å². The first-order chi connectivity index (χ1) is 9.31. The summed E-state index contributed by atoms with van der Waals surface area (Å²) in [5, 5.41) is 8.76. The highest BCUT2D eigenvalue weighted by Crippen LogP contribution is 2.32. The van der Waals surface area contributed by atoms with E-state index in [1.807, 2.05) is 24.3 Å². The second-order valence-electron chi connectivity index (χ2n) is 5.66. The highest BCUT2D eigenvalue weighted by atomic mass is 14.2. The van der Waals surface area contributed by atoms with Crippen molar-refractivity contribution < 1.29 is 0 Å². The van der Waals surface area contributed by atoms with Crippen LogP contribution in [0.4, 0.5) is 0 Å². The Kier molecular flexibility index (Phi) is 5.21. The zero-order chi connectivity index (χ0) is 13.5. The minimum absolute atomic E-state index is 0.734. The van der Waals surface area contributed by atoms with Gasteiger partial charge in [-0.15, -0.1) is 0 Å². The second-order valence-corrected chi connectivity index (χ2v) is 5.66. The number of hydrogen-bond acceptors (Lipinski definition) is 1. The molecule has 0 amide bonds. The highest BCUT2D eigenvalue weighted by Gasteiger charge is 2.18. The van der Waals surface area contributed by atoms with Crippen LogP contribution in [0.3, 0.4) is 0 Å². The molecule has 0 aliphatic heterocycles. The van der Waals surface area contributed by atoms with Crippen molar-refractivity contribution in [3.63, 3.8) is 0 Å². The molecule has 0 aromatic heterocycles. The van der Waals surface area contributed by atoms with Gasteiger partial charge in [0.05, 0.1) is 11.6 Å². The van der Waals surface area contributed by atoms with Crippen LogP contribution >= 0.6 is 0 Å². The van der Waals surface area contributed by atoms with Gasteiger partial charge in [-0.25, -0.2) is 0 Å². The molecule has 1 fully saturated rings. The van der Waals surface area contributed by atoms with Gasteiger partial charge in [0, 0.05) is 0 Å². The van der Waals surface area contributed by atoms with Gasteiger partial charge in [0.2, 0.25) is 0 Å². The van der Waals surface area contributed by atoms with Crippen molar-refractivity contribution in [3.8, 4) is 6.07 Å². The molecule has 1 aromatic rings. The highest BCUT2D eigenvalue weighted by molar-refractivity contribution is 5.51. The van der Waals surface area contributed by atoms with Gasteiger partial charge in [0.15, 0.2) is 0 Å². The Bertz CT molecular complexity index is 442. The number of allylic oxidation sites excluding steroid dienone is 1. The van der Waals surface area contributed by atoms with Gasteiger partial charge in [-0.05, 0) is 55.2 Å². The standard InChI is InChI=1S/C18H23N/c1-2-3-15-4-6-16(7-5-15)8-9-17-10-12-18(14-19)13-11-17/h8-13,15-16H,2-7H2,1H3/b9-8+. The molecule has 1 heteroatoms. The van der Waals surface area contributed by atoms with Crippen molar-refractivity contribution >= 4 is 6.08 Å². The maximum absolute atomic E-state index is 8.76. The third-order valence-corrected chi connectivity index (χ3v) is 4.19. The fourth-order valence-electron chi connectivity index (χ4n) is 2.99. The monoisotopic (exact) mass is 253 g/mol. The van der Waals surface area contributed by atoms with Crippen LogP contribution in [0, 0.1) is 23.2 Å². The molecule has 2 rings (SSSR count). The predicted octanol–water partition coefficient (Wildman–Crippen LogP) is 5.18. The van der Waals surface area contributed by atoms with Crippen molar-refractivity contribution in [1.82, 2.24) is 0 Å². The predicted molar refractivity (Wildman–Crippen MR) is 80.5 cm³/mol. The van der Waals surface area contributed by atoms with E-state index in [-0.39, 0.29) is 0 Å². The first kappa shape index (κ1) is 13.9. The van der Waals surface area contributed by atoms with Gasteiger partial charge in [0.1, 0.15) is 0 Å². The average Bonchev–Trinajstić information content (AvgIpc) is 2.47. The zero-order valence-electron chi connectivity index (χ0n) is 11.8. The minimum atomic E-state index is 0.734.